The Morgan fingerprint density at radius 1 is 0.900 bits per heavy atom. The molecule has 1 atom stereocenters. The van der Waals surface area contributed by atoms with Crippen LogP contribution >= 0.6 is 0 Å². The maximum absolute atomic E-state index is 11.5. The van der Waals surface area contributed by atoms with Gasteiger partial charge in [0.25, 0.3) is 0 Å². The fourth-order valence-electron chi connectivity index (χ4n) is 2.76. The van der Waals surface area contributed by atoms with E-state index in [1.165, 1.54) is 0 Å². The minimum absolute atomic E-state index is 0.00944. The van der Waals surface area contributed by atoms with E-state index in [1.807, 2.05) is 73.0 Å². The number of benzene rings is 2. The van der Waals surface area contributed by atoms with Crippen LogP contribution in [0.1, 0.15) is 17.5 Å². The third-order valence-corrected chi connectivity index (χ3v) is 3.83. The van der Waals surface area contributed by atoms with Crippen LogP contribution in [0.3, 0.4) is 0 Å². The molecular formula is C18H17NO. The van der Waals surface area contributed by atoms with Crippen LogP contribution in [0.15, 0.2) is 77.9 Å². The second-order valence-electron chi connectivity index (χ2n) is 5.01. The molecule has 1 unspecified atom stereocenters. The molecule has 0 saturated carbocycles. The van der Waals surface area contributed by atoms with Crippen LogP contribution in [-0.4, -0.2) is 11.3 Å². The fourth-order valence-corrected chi connectivity index (χ4v) is 2.76. The van der Waals surface area contributed by atoms with Gasteiger partial charge in [0.2, 0.25) is 0 Å². The van der Waals surface area contributed by atoms with Gasteiger partial charge in [-0.05, 0) is 17.5 Å². The molecule has 0 aromatic heterocycles. The molecule has 3 rings (SSSR count). The van der Waals surface area contributed by atoms with Crippen molar-refractivity contribution in [2.24, 2.45) is 10.9 Å². The monoisotopic (exact) mass is 263 g/mol. The minimum Gasteiger partial charge on any atom is -0.380 e. The lowest BCUT2D eigenvalue weighted by molar-refractivity contribution is 0.0388. The Labute approximate surface area is 119 Å². The van der Waals surface area contributed by atoms with Gasteiger partial charge >= 0.3 is 0 Å². The summed E-state index contributed by atoms with van der Waals surface area (Å²) in [5, 5.41) is 11.5. The van der Waals surface area contributed by atoms with Crippen molar-refractivity contribution in [1.82, 2.24) is 0 Å². The Morgan fingerprint density at radius 3 is 1.90 bits per heavy atom. The van der Waals surface area contributed by atoms with Gasteiger partial charge < -0.3 is 5.11 Å². The van der Waals surface area contributed by atoms with E-state index < -0.39 is 5.60 Å². The zero-order chi connectivity index (χ0) is 13.8. The zero-order valence-corrected chi connectivity index (χ0v) is 11.2. The van der Waals surface area contributed by atoms with Gasteiger partial charge in [-0.15, -0.1) is 0 Å². The lowest BCUT2D eigenvalue weighted by Gasteiger charge is -2.36. The van der Waals surface area contributed by atoms with Gasteiger partial charge in [-0.3, -0.25) is 4.99 Å². The summed E-state index contributed by atoms with van der Waals surface area (Å²) < 4.78 is 0. The van der Waals surface area contributed by atoms with Crippen LogP contribution in [0.2, 0.25) is 0 Å². The number of hydrogen-bond donors (Lipinski definition) is 1. The van der Waals surface area contributed by atoms with E-state index in [1.54, 1.807) is 6.20 Å². The topological polar surface area (TPSA) is 32.6 Å². The summed E-state index contributed by atoms with van der Waals surface area (Å²) in [5.74, 6) is -0.00944. The van der Waals surface area contributed by atoms with Crippen LogP contribution in [0.5, 0.6) is 0 Å². The second-order valence-corrected chi connectivity index (χ2v) is 5.01. The molecule has 0 spiro atoms. The van der Waals surface area contributed by atoms with Crippen LogP contribution in [0.4, 0.5) is 0 Å². The highest BCUT2D eigenvalue weighted by atomic mass is 16.3. The summed E-state index contributed by atoms with van der Waals surface area (Å²) in [6.45, 7) is 0. The molecule has 0 amide bonds. The standard InChI is InChI=1S/C18H17NO/c20-18(15-7-3-1-4-8-15,16-9-5-2-6-10-16)17-11-13-19-14-12-17/h1-11,13-14,17,20H,12H2. The maximum atomic E-state index is 11.5. The van der Waals surface area contributed by atoms with Gasteiger partial charge in [-0.1, -0.05) is 66.7 Å². The Morgan fingerprint density at radius 2 is 1.45 bits per heavy atom. The van der Waals surface area contributed by atoms with E-state index in [0.29, 0.717) is 0 Å². The first-order valence-corrected chi connectivity index (χ1v) is 6.83. The van der Waals surface area contributed by atoms with Gasteiger partial charge in [-0.2, -0.15) is 0 Å². The van der Waals surface area contributed by atoms with E-state index in [4.69, 9.17) is 0 Å². The van der Waals surface area contributed by atoms with E-state index in [0.717, 1.165) is 17.5 Å². The van der Waals surface area contributed by atoms with Gasteiger partial charge in [-0.25, -0.2) is 0 Å². The third kappa shape index (κ3) is 2.19. The maximum Gasteiger partial charge on any atom is 0.121 e. The average molecular weight is 263 g/mol. The van der Waals surface area contributed by atoms with Crippen molar-refractivity contribution < 1.29 is 5.11 Å². The van der Waals surface area contributed by atoms with Crippen molar-refractivity contribution in [2.45, 2.75) is 12.0 Å². The SMILES string of the molecule is OC(c1ccccc1)(c1ccccc1)C1C=CN=CC1. The molecule has 1 N–H and O–H groups in total. The number of nitrogens with zero attached hydrogens (tertiary/aromatic N) is 1. The Balaban J connectivity index is 2.13. The van der Waals surface area contributed by atoms with Crippen LogP contribution in [-0.2, 0) is 5.60 Å². The molecule has 2 aromatic carbocycles. The van der Waals surface area contributed by atoms with E-state index >= 15 is 0 Å². The Kier molecular flexibility index (Phi) is 3.48. The highest BCUT2D eigenvalue weighted by Gasteiger charge is 2.38. The fraction of sp³-hybridized carbons (Fsp3) is 0.167. The molecule has 20 heavy (non-hydrogen) atoms. The van der Waals surface area contributed by atoms with Crippen molar-refractivity contribution in [3.63, 3.8) is 0 Å². The van der Waals surface area contributed by atoms with Crippen molar-refractivity contribution in [1.29, 1.82) is 0 Å². The lowest BCUT2D eigenvalue weighted by atomic mass is 9.74. The van der Waals surface area contributed by atoms with Crippen molar-refractivity contribution >= 4 is 6.21 Å². The van der Waals surface area contributed by atoms with Gasteiger partial charge in [0.05, 0.1) is 0 Å². The van der Waals surface area contributed by atoms with Gasteiger partial charge in [0.15, 0.2) is 0 Å². The van der Waals surface area contributed by atoms with Crippen molar-refractivity contribution in [3.8, 4) is 0 Å². The molecular weight excluding hydrogens is 246 g/mol. The smallest absolute Gasteiger partial charge is 0.121 e. The molecule has 1 aliphatic rings. The van der Waals surface area contributed by atoms with Crippen molar-refractivity contribution in [2.75, 3.05) is 0 Å². The molecule has 0 aliphatic carbocycles. The number of hydrogen-bond acceptors (Lipinski definition) is 2. The molecule has 0 saturated heterocycles. The first-order valence-electron chi connectivity index (χ1n) is 6.83. The summed E-state index contributed by atoms with van der Waals surface area (Å²) in [5.41, 5.74) is 0.804. The number of aliphatic hydroxyl groups is 1. The quantitative estimate of drug-likeness (QED) is 0.902. The molecule has 100 valence electrons. The summed E-state index contributed by atoms with van der Waals surface area (Å²) in [7, 11) is 0. The molecule has 0 radical (unpaired) electrons. The highest BCUT2D eigenvalue weighted by molar-refractivity contribution is 5.61. The summed E-state index contributed by atoms with van der Waals surface area (Å²) >= 11 is 0. The van der Waals surface area contributed by atoms with Gasteiger partial charge in [0.1, 0.15) is 5.60 Å². The molecule has 1 heterocycles. The van der Waals surface area contributed by atoms with Crippen LogP contribution in [0.25, 0.3) is 0 Å². The Hall–Kier alpha value is -2.19. The van der Waals surface area contributed by atoms with E-state index in [-0.39, 0.29) is 5.92 Å². The average Bonchev–Trinajstić information content (AvgIpc) is 2.56. The summed E-state index contributed by atoms with van der Waals surface area (Å²) in [6.07, 6.45) is 6.35. The summed E-state index contributed by atoms with van der Waals surface area (Å²) in [6, 6.07) is 19.7. The van der Waals surface area contributed by atoms with Crippen LogP contribution in [0, 0.1) is 5.92 Å². The molecule has 1 aliphatic heterocycles. The molecule has 0 bridgehead atoms. The highest BCUT2D eigenvalue weighted by Crippen LogP contribution is 2.39. The first kappa shape index (κ1) is 12.8. The molecule has 2 aromatic rings. The van der Waals surface area contributed by atoms with E-state index in [9.17, 15) is 5.11 Å². The lowest BCUT2D eigenvalue weighted by Crippen LogP contribution is -2.36. The summed E-state index contributed by atoms with van der Waals surface area (Å²) in [4.78, 5) is 4.11. The van der Waals surface area contributed by atoms with Crippen LogP contribution < -0.4 is 0 Å². The predicted molar refractivity (Wildman–Crippen MR) is 81.6 cm³/mol. The van der Waals surface area contributed by atoms with Gasteiger partial charge in [0, 0.05) is 18.3 Å². The van der Waals surface area contributed by atoms with Crippen molar-refractivity contribution in [3.05, 3.63) is 84.1 Å². The largest absolute Gasteiger partial charge is 0.380 e. The number of rotatable bonds is 3. The zero-order valence-electron chi connectivity index (χ0n) is 11.2. The Bertz CT molecular complexity index is 577. The first-order chi connectivity index (χ1) is 9.82. The predicted octanol–water partition coefficient (Wildman–Crippen LogP) is 3.53. The molecule has 0 fully saturated rings. The normalized spacial score (nSPS) is 18.1. The minimum atomic E-state index is -1.02. The van der Waals surface area contributed by atoms with E-state index in [2.05, 4.69) is 4.99 Å². The second kappa shape index (κ2) is 5.43. The third-order valence-electron chi connectivity index (χ3n) is 3.83. The molecule has 2 nitrogen and oxygen atoms in total. The number of aliphatic imine (C=N–C) groups is 1. The molecule has 2 heteroatoms.